The zero-order valence-corrected chi connectivity index (χ0v) is 15.9. The Morgan fingerprint density at radius 2 is 1.54 bits per heavy atom. The monoisotopic (exact) mass is 407 g/mol. The number of ether oxygens (including phenoxy) is 1. The maximum Gasteiger partial charge on any atom is 0.152 e. The molecule has 0 heterocycles. The summed E-state index contributed by atoms with van der Waals surface area (Å²) in [5.41, 5.74) is 2.82. The van der Waals surface area contributed by atoms with Gasteiger partial charge in [0.1, 0.15) is 12.4 Å². The maximum absolute atomic E-state index is 9.61. The molecule has 134 valence electrons. The van der Waals surface area contributed by atoms with Crippen molar-refractivity contribution in [3.8, 4) is 11.5 Å². The minimum absolute atomic E-state index is 0.114. The van der Waals surface area contributed by atoms with Crippen molar-refractivity contribution in [1.29, 1.82) is 0 Å². The number of rotatable bonds is 6. The number of hydrogen-bond acceptors (Lipinski definition) is 3. The van der Waals surface area contributed by atoms with E-state index in [2.05, 4.69) is 5.32 Å². The molecular weight excluding hydrogens is 393 g/mol. The summed E-state index contributed by atoms with van der Waals surface area (Å²) in [6.45, 7) is 1.03. The zero-order valence-electron chi connectivity index (χ0n) is 13.7. The van der Waals surface area contributed by atoms with Crippen molar-refractivity contribution >= 4 is 40.5 Å². The molecule has 0 fully saturated rings. The van der Waals surface area contributed by atoms with E-state index in [4.69, 9.17) is 39.5 Å². The molecule has 2 N–H and O–H groups in total. The Balaban J connectivity index is 1.61. The number of phenols is 1. The highest BCUT2D eigenvalue weighted by atomic mass is 35.5. The highest BCUT2D eigenvalue weighted by Gasteiger charge is 2.06. The molecule has 0 aromatic heterocycles. The van der Waals surface area contributed by atoms with Gasteiger partial charge in [0.25, 0.3) is 0 Å². The van der Waals surface area contributed by atoms with Crippen LogP contribution in [0.25, 0.3) is 0 Å². The third-order valence-electron chi connectivity index (χ3n) is 3.73. The van der Waals surface area contributed by atoms with Crippen LogP contribution in [-0.4, -0.2) is 5.11 Å². The van der Waals surface area contributed by atoms with Crippen LogP contribution in [-0.2, 0) is 13.2 Å². The summed E-state index contributed by atoms with van der Waals surface area (Å²) in [7, 11) is 0. The van der Waals surface area contributed by atoms with E-state index in [-0.39, 0.29) is 15.8 Å². The summed E-state index contributed by atoms with van der Waals surface area (Å²) in [5, 5.41) is 14.0. The number of hydrogen-bond donors (Lipinski definition) is 2. The van der Waals surface area contributed by atoms with Gasteiger partial charge >= 0.3 is 0 Å². The van der Waals surface area contributed by atoms with Gasteiger partial charge in [-0.3, -0.25) is 0 Å². The van der Waals surface area contributed by atoms with Gasteiger partial charge in [-0.15, -0.1) is 0 Å². The Labute approximate surface area is 167 Å². The maximum atomic E-state index is 9.61. The fourth-order valence-corrected chi connectivity index (χ4v) is 2.98. The predicted octanol–water partition coefficient (Wildman–Crippen LogP) is 6.54. The molecule has 3 rings (SSSR count). The standard InChI is InChI=1S/C20H16Cl3NO2/c21-15-6-4-13(5-7-15)12-26-17-3-1-2-14(8-17)11-24-16-9-18(22)20(25)19(23)10-16/h1-10,24-25H,11-12H2. The summed E-state index contributed by atoms with van der Waals surface area (Å²) in [6.07, 6.45) is 0. The van der Waals surface area contributed by atoms with Crippen LogP contribution in [0, 0.1) is 0 Å². The third kappa shape index (κ3) is 4.98. The number of nitrogens with one attached hydrogen (secondary N) is 1. The van der Waals surface area contributed by atoms with Gasteiger partial charge in [-0.2, -0.15) is 0 Å². The van der Waals surface area contributed by atoms with Crippen LogP contribution in [0.2, 0.25) is 15.1 Å². The Hall–Kier alpha value is -2.07. The normalized spacial score (nSPS) is 10.6. The Kier molecular flexibility index (Phi) is 6.15. The smallest absolute Gasteiger partial charge is 0.152 e. The van der Waals surface area contributed by atoms with Crippen molar-refractivity contribution in [2.24, 2.45) is 0 Å². The number of halogens is 3. The van der Waals surface area contributed by atoms with E-state index < -0.39 is 0 Å². The van der Waals surface area contributed by atoms with E-state index >= 15 is 0 Å². The minimum atomic E-state index is -0.114. The molecule has 3 aromatic rings. The summed E-state index contributed by atoms with van der Waals surface area (Å²) in [4.78, 5) is 0. The molecule has 0 saturated heterocycles. The van der Waals surface area contributed by atoms with E-state index in [0.717, 1.165) is 22.6 Å². The van der Waals surface area contributed by atoms with Gasteiger partial charge in [-0.25, -0.2) is 0 Å². The molecule has 0 amide bonds. The predicted molar refractivity (Wildman–Crippen MR) is 108 cm³/mol. The van der Waals surface area contributed by atoms with Gasteiger partial charge in [-0.1, -0.05) is 59.1 Å². The second-order valence-corrected chi connectivity index (χ2v) is 6.96. The molecule has 0 bridgehead atoms. The quantitative estimate of drug-likeness (QED) is 0.455. The molecule has 3 nitrogen and oxygen atoms in total. The van der Waals surface area contributed by atoms with Crippen LogP contribution in [0.5, 0.6) is 11.5 Å². The van der Waals surface area contributed by atoms with Crippen LogP contribution in [0.1, 0.15) is 11.1 Å². The lowest BCUT2D eigenvalue weighted by atomic mass is 10.2. The molecule has 0 radical (unpaired) electrons. The summed E-state index contributed by atoms with van der Waals surface area (Å²) in [6, 6.07) is 18.6. The van der Waals surface area contributed by atoms with Crippen molar-refractivity contribution in [2.75, 3.05) is 5.32 Å². The molecule has 0 unspecified atom stereocenters. The molecule has 0 saturated carbocycles. The number of phenolic OH excluding ortho intramolecular Hbond substituents is 1. The van der Waals surface area contributed by atoms with Gasteiger partial charge < -0.3 is 15.2 Å². The Bertz CT molecular complexity index is 875. The first-order valence-corrected chi connectivity index (χ1v) is 9.03. The molecule has 3 aromatic carbocycles. The topological polar surface area (TPSA) is 41.5 Å². The summed E-state index contributed by atoms with van der Waals surface area (Å²) < 4.78 is 5.83. The molecular formula is C20H16Cl3NO2. The van der Waals surface area contributed by atoms with Gasteiger partial charge in [0.05, 0.1) is 10.0 Å². The highest BCUT2D eigenvalue weighted by Crippen LogP contribution is 2.34. The third-order valence-corrected chi connectivity index (χ3v) is 4.56. The molecule has 0 atom stereocenters. The number of anilines is 1. The van der Waals surface area contributed by atoms with E-state index in [1.165, 1.54) is 0 Å². The molecule has 0 spiro atoms. The van der Waals surface area contributed by atoms with Crippen molar-refractivity contribution in [3.63, 3.8) is 0 Å². The summed E-state index contributed by atoms with van der Waals surface area (Å²) in [5.74, 6) is 0.664. The fourth-order valence-electron chi connectivity index (χ4n) is 2.36. The van der Waals surface area contributed by atoms with Gasteiger partial charge in [0.2, 0.25) is 0 Å². The molecule has 0 aliphatic heterocycles. The lowest BCUT2D eigenvalue weighted by Gasteiger charge is -2.11. The fraction of sp³-hybridized carbons (Fsp3) is 0.100. The molecule has 6 heteroatoms. The SMILES string of the molecule is Oc1c(Cl)cc(NCc2cccc(OCc3ccc(Cl)cc3)c2)cc1Cl. The van der Waals surface area contributed by atoms with Gasteiger partial charge in [0, 0.05) is 17.3 Å². The highest BCUT2D eigenvalue weighted by molar-refractivity contribution is 6.37. The lowest BCUT2D eigenvalue weighted by molar-refractivity contribution is 0.306. The van der Waals surface area contributed by atoms with Crippen molar-refractivity contribution in [2.45, 2.75) is 13.2 Å². The Morgan fingerprint density at radius 3 is 2.23 bits per heavy atom. The molecule has 26 heavy (non-hydrogen) atoms. The average molecular weight is 409 g/mol. The minimum Gasteiger partial charge on any atom is -0.505 e. The van der Waals surface area contributed by atoms with Crippen molar-refractivity contribution in [3.05, 3.63) is 86.9 Å². The lowest BCUT2D eigenvalue weighted by Crippen LogP contribution is -2.01. The van der Waals surface area contributed by atoms with E-state index in [1.54, 1.807) is 12.1 Å². The van der Waals surface area contributed by atoms with E-state index in [0.29, 0.717) is 18.2 Å². The number of benzene rings is 3. The first kappa shape index (κ1) is 18.7. The largest absolute Gasteiger partial charge is 0.505 e. The van der Waals surface area contributed by atoms with E-state index in [9.17, 15) is 5.11 Å². The van der Waals surface area contributed by atoms with Crippen LogP contribution in [0.15, 0.2) is 60.7 Å². The van der Waals surface area contributed by atoms with Gasteiger partial charge in [-0.05, 0) is 47.5 Å². The first-order chi connectivity index (χ1) is 12.5. The Morgan fingerprint density at radius 1 is 0.846 bits per heavy atom. The van der Waals surface area contributed by atoms with E-state index in [1.807, 2.05) is 48.5 Å². The summed E-state index contributed by atoms with van der Waals surface area (Å²) >= 11 is 17.8. The molecule has 0 aliphatic carbocycles. The van der Waals surface area contributed by atoms with Crippen LogP contribution < -0.4 is 10.1 Å². The zero-order chi connectivity index (χ0) is 18.5. The van der Waals surface area contributed by atoms with Crippen molar-refractivity contribution in [1.82, 2.24) is 0 Å². The van der Waals surface area contributed by atoms with Crippen LogP contribution in [0.3, 0.4) is 0 Å². The van der Waals surface area contributed by atoms with Crippen LogP contribution >= 0.6 is 34.8 Å². The second kappa shape index (κ2) is 8.54. The second-order valence-electron chi connectivity index (χ2n) is 5.70. The first-order valence-electron chi connectivity index (χ1n) is 7.89. The molecule has 0 aliphatic rings. The van der Waals surface area contributed by atoms with Gasteiger partial charge in [0.15, 0.2) is 5.75 Å². The average Bonchev–Trinajstić information content (AvgIpc) is 2.64. The number of aromatic hydroxyl groups is 1. The van der Waals surface area contributed by atoms with Crippen LogP contribution in [0.4, 0.5) is 5.69 Å². The van der Waals surface area contributed by atoms with Crippen molar-refractivity contribution < 1.29 is 9.84 Å².